The molecular weight excluding hydrogens is 652 g/mol. The molecule has 5 aliphatic carbocycles. The van der Waals surface area contributed by atoms with E-state index in [1.165, 1.54) is 77.3 Å². The number of piperidine rings is 1. The van der Waals surface area contributed by atoms with Crippen LogP contribution in [0.2, 0.25) is 0 Å². The summed E-state index contributed by atoms with van der Waals surface area (Å²) in [5, 5.41) is 23.8. The van der Waals surface area contributed by atoms with Crippen molar-refractivity contribution in [3.05, 3.63) is 0 Å². The van der Waals surface area contributed by atoms with Gasteiger partial charge in [-0.25, -0.2) is 0 Å². The fraction of sp³-hybridized carbons (Fsp3) is 1.00. The van der Waals surface area contributed by atoms with Gasteiger partial charge < -0.3 is 34.1 Å². The summed E-state index contributed by atoms with van der Waals surface area (Å²) in [6.07, 6.45) is 13.6. The molecule has 9 rings (SSSR count). The van der Waals surface area contributed by atoms with Gasteiger partial charge in [-0.2, -0.15) is 0 Å². The average Bonchev–Trinajstić information content (AvgIpc) is 3.44. The zero-order valence-corrected chi connectivity index (χ0v) is 34.1. The van der Waals surface area contributed by atoms with Crippen molar-refractivity contribution < 1.29 is 29.2 Å². The van der Waals surface area contributed by atoms with Gasteiger partial charge in [0, 0.05) is 37.2 Å². The third-order valence-electron chi connectivity index (χ3n) is 18.8. The van der Waals surface area contributed by atoms with Gasteiger partial charge in [0.2, 0.25) is 0 Å². The van der Waals surface area contributed by atoms with E-state index in [0.29, 0.717) is 47.2 Å². The Balaban J connectivity index is 0.911. The molecule has 9 aliphatic rings. The van der Waals surface area contributed by atoms with Crippen molar-refractivity contribution in [3.8, 4) is 0 Å². The molecule has 8 nitrogen and oxygen atoms in total. The van der Waals surface area contributed by atoms with Crippen molar-refractivity contribution in [2.45, 2.75) is 187 Å². The number of rotatable bonds is 7. The number of nitrogens with zero attached hydrogens (tertiary/aromatic N) is 2. The molecule has 9 fully saturated rings. The van der Waals surface area contributed by atoms with Gasteiger partial charge in [0.15, 0.2) is 6.29 Å². The first-order valence-electron chi connectivity index (χ1n) is 22.0. The second-order valence-electron chi connectivity index (χ2n) is 21.5. The number of hydrogen-bond donors (Lipinski definition) is 2. The van der Waals surface area contributed by atoms with Gasteiger partial charge in [0.05, 0.1) is 36.6 Å². The van der Waals surface area contributed by atoms with Crippen LogP contribution in [0.1, 0.15) is 132 Å². The van der Waals surface area contributed by atoms with Crippen LogP contribution in [0.25, 0.3) is 0 Å². The molecule has 4 heterocycles. The summed E-state index contributed by atoms with van der Waals surface area (Å²) in [6, 6.07) is 1.47. The van der Waals surface area contributed by atoms with Gasteiger partial charge in [0.1, 0.15) is 6.10 Å². The van der Waals surface area contributed by atoms with Crippen molar-refractivity contribution in [3.63, 3.8) is 0 Å². The maximum absolute atomic E-state index is 12.7. The van der Waals surface area contributed by atoms with E-state index in [0.717, 1.165) is 38.6 Å². The highest BCUT2D eigenvalue weighted by molar-refractivity contribution is 5.33. The van der Waals surface area contributed by atoms with Crippen molar-refractivity contribution >= 4 is 0 Å². The molecule has 8 heteroatoms. The Morgan fingerprint density at radius 2 is 1.63 bits per heavy atom. The maximum atomic E-state index is 12.7. The van der Waals surface area contributed by atoms with Crippen LogP contribution in [0.4, 0.5) is 0 Å². The maximum Gasteiger partial charge on any atom is 0.170 e. The number of aliphatic hydroxyl groups is 2. The molecule has 0 bridgehead atoms. The van der Waals surface area contributed by atoms with Crippen molar-refractivity contribution in [1.29, 1.82) is 0 Å². The molecule has 2 N–H and O–H groups in total. The second kappa shape index (κ2) is 12.6. The molecule has 16 atom stereocenters. The minimum atomic E-state index is -1.01. The number of fused-ring (bicyclic) bond motifs is 5. The summed E-state index contributed by atoms with van der Waals surface area (Å²) in [5.41, 5.74) is -0.407. The van der Waals surface area contributed by atoms with Gasteiger partial charge in [0.25, 0.3) is 0 Å². The molecule has 2 spiro atoms. The monoisotopic (exact) mass is 727 g/mol. The molecule has 0 aromatic rings. The van der Waals surface area contributed by atoms with Gasteiger partial charge in [-0.05, 0) is 156 Å². The lowest BCUT2D eigenvalue weighted by Gasteiger charge is -2.64. The quantitative estimate of drug-likeness (QED) is 0.302. The molecule has 296 valence electrons. The Bertz CT molecular complexity index is 1350. The normalized spacial score (nSPS) is 53.5. The first-order chi connectivity index (χ1) is 24.6. The zero-order valence-electron chi connectivity index (χ0n) is 34.1. The predicted octanol–water partition coefficient (Wildman–Crippen LogP) is 6.65. The smallest absolute Gasteiger partial charge is 0.170 e. The molecular formula is C44H74N2O6. The molecule has 0 aromatic carbocycles. The van der Waals surface area contributed by atoms with Gasteiger partial charge in [-0.1, -0.05) is 34.6 Å². The van der Waals surface area contributed by atoms with Crippen LogP contribution in [-0.2, 0) is 18.9 Å². The lowest BCUT2D eigenvalue weighted by molar-refractivity contribution is -0.252. The Morgan fingerprint density at radius 1 is 0.885 bits per heavy atom. The minimum absolute atomic E-state index is 0.0260. The van der Waals surface area contributed by atoms with Crippen LogP contribution < -0.4 is 0 Å². The van der Waals surface area contributed by atoms with Gasteiger partial charge in [-0.15, -0.1) is 0 Å². The molecule has 4 saturated heterocycles. The molecule has 5 saturated carbocycles. The third kappa shape index (κ3) is 5.12. The summed E-state index contributed by atoms with van der Waals surface area (Å²) in [4.78, 5) is 5.46. The third-order valence-corrected chi connectivity index (χ3v) is 18.8. The minimum Gasteiger partial charge on any atom is -0.390 e. The summed E-state index contributed by atoms with van der Waals surface area (Å²) >= 11 is 0. The van der Waals surface area contributed by atoms with E-state index in [9.17, 15) is 10.2 Å². The standard InChI is InChI=1S/C44H74N2O6/c1-9-49-38(40(5,6)48)30-23-27(2)35-36(51-30)37(47)42(8)32-13-12-31-39(3,4)33(14-16-43(31)26-44(32,43)18-17-41(35,42)7)52-34-25-46(21-22-50-34)29-15-20-45-19-10-11-28(45)24-29/h27-38,47-48H,9-26H2,1-8H3/t27-,28?,29?,30?,31+,32?,33+,34+,35+,36?,37+,38+,41-,42-,43-,44+/m1/s1. The zero-order chi connectivity index (χ0) is 36.6. The van der Waals surface area contributed by atoms with Crippen LogP contribution in [0.5, 0.6) is 0 Å². The summed E-state index contributed by atoms with van der Waals surface area (Å²) < 4.78 is 26.7. The predicted molar refractivity (Wildman–Crippen MR) is 202 cm³/mol. The van der Waals surface area contributed by atoms with Gasteiger partial charge in [-0.3, -0.25) is 4.90 Å². The molecule has 0 radical (unpaired) electrons. The van der Waals surface area contributed by atoms with Gasteiger partial charge >= 0.3 is 0 Å². The van der Waals surface area contributed by atoms with Crippen LogP contribution in [-0.4, -0.2) is 114 Å². The molecule has 0 aromatic heterocycles. The SMILES string of the molecule is CCO[C@@H](C1C[C@@H](C)[C@H]2C(O1)[C@H](O)[C@@]1(C)C3CC[C@H]4C(C)(C)[C@@H](O[C@H]5CN(C6CCN7CCCC7C6)CCO5)CC[C@@]45C[C@@]35CC[C@]21C)C(C)(C)O. The van der Waals surface area contributed by atoms with E-state index >= 15 is 0 Å². The van der Waals surface area contributed by atoms with E-state index < -0.39 is 17.8 Å². The van der Waals surface area contributed by atoms with Crippen LogP contribution in [0, 0.1) is 50.7 Å². The van der Waals surface area contributed by atoms with Crippen LogP contribution in [0.3, 0.4) is 0 Å². The molecule has 52 heavy (non-hydrogen) atoms. The van der Waals surface area contributed by atoms with E-state index in [1.807, 2.05) is 20.8 Å². The van der Waals surface area contributed by atoms with E-state index in [-0.39, 0.29) is 40.8 Å². The summed E-state index contributed by atoms with van der Waals surface area (Å²) in [7, 11) is 0. The topological polar surface area (TPSA) is 83.9 Å². The molecule has 0 amide bonds. The first kappa shape index (κ1) is 37.3. The van der Waals surface area contributed by atoms with Crippen molar-refractivity contribution in [2.24, 2.45) is 50.7 Å². The number of morpholine rings is 1. The average molecular weight is 727 g/mol. The molecule has 5 unspecified atom stereocenters. The Morgan fingerprint density at radius 3 is 2.40 bits per heavy atom. The van der Waals surface area contributed by atoms with E-state index in [2.05, 4.69) is 44.4 Å². The summed E-state index contributed by atoms with van der Waals surface area (Å²) in [6.45, 7) is 24.0. The lowest BCUT2D eigenvalue weighted by atomic mass is 9.41. The van der Waals surface area contributed by atoms with Crippen LogP contribution >= 0.6 is 0 Å². The highest BCUT2D eigenvalue weighted by Gasteiger charge is 2.84. The summed E-state index contributed by atoms with van der Waals surface area (Å²) in [5.74, 6) is 1.87. The van der Waals surface area contributed by atoms with E-state index in [1.54, 1.807) is 0 Å². The van der Waals surface area contributed by atoms with Crippen molar-refractivity contribution in [2.75, 3.05) is 39.4 Å². The fourth-order valence-corrected chi connectivity index (χ4v) is 16.5. The Kier molecular flexibility index (Phi) is 9.02. The fourth-order valence-electron chi connectivity index (χ4n) is 16.5. The number of hydrogen-bond acceptors (Lipinski definition) is 8. The Hall–Kier alpha value is -0.320. The number of aliphatic hydroxyl groups excluding tert-OH is 1. The van der Waals surface area contributed by atoms with Crippen LogP contribution in [0.15, 0.2) is 0 Å². The largest absolute Gasteiger partial charge is 0.390 e. The van der Waals surface area contributed by atoms with E-state index in [4.69, 9.17) is 18.9 Å². The van der Waals surface area contributed by atoms with Crippen molar-refractivity contribution in [1.82, 2.24) is 9.80 Å². The second-order valence-corrected chi connectivity index (χ2v) is 21.5. The molecule has 4 aliphatic heterocycles. The first-order valence-corrected chi connectivity index (χ1v) is 22.0. The highest BCUT2D eigenvalue weighted by Crippen LogP contribution is 2.89. The lowest BCUT2D eigenvalue weighted by Crippen LogP contribution is -2.60. The highest BCUT2D eigenvalue weighted by atomic mass is 16.7. The number of ether oxygens (including phenoxy) is 4. The Labute approximate surface area is 315 Å².